The minimum absolute atomic E-state index is 0.202. The second-order valence-electron chi connectivity index (χ2n) is 4.31. The van der Waals surface area contributed by atoms with Crippen molar-refractivity contribution < 1.29 is 14.6 Å². The fourth-order valence-corrected chi connectivity index (χ4v) is 2.28. The van der Waals surface area contributed by atoms with Crippen LogP contribution in [-0.4, -0.2) is 24.5 Å². The topological polar surface area (TPSA) is 50.7 Å². The van der Waals surface area contributed by atoms with Crippen LogP contribution < -0.4 is 14.8 Å². The molecule has 0 aromatic heterocycles. The molecule has 2 rings (SSSR count). The highest BCUT2D eigenvalue weighted by Crippen LogP contribution is 2.39. The smallest absolute Gasteiger partial charge is 0.231 e. The molecule has 0 saturated carbocycles. The van der Waals surface area contributed by atoms with Gasteiger partial charge in [0.2, 0.25) is 6.79 Å². The molecule has 0 fully saturated rings. The summed E-state index contributed by atoms with van der Waals surface area (Å²) in [6.45, 7) is 3.23. The lowest BCUT2D eigenvalue weighted by Crippen LogP contribution is -2.28. The zero-order valence-corrected chi connectivity index (χ0v) is 11.2. The van der Waals surface area contributed by atoms with Gasteiger partial charge < -0.3 is 19.9 Å². The lowest BCUT2D eigenvalue weighted by molar-refractivity contribution is 0.174. The van der Waals surface area contributed by atoms with Gasteiger partial charge in [0.05, 0.1) is 5.02 Å². The average Bonchev–Trinajstić information content (AvgIpc) is 2.83. The summed E-state index contributed by atoms with van der Waals surface area (Å²) in [5, 5.41) is 12.9. The Kier molecular flexibility index (Phi) is 4.69. The molecule has 18 heavy (non-hydrogen) atoms. The van der Waals surface area contributed by atoms with Crippen molar-refractivity contribution >= 4 is 11.6 Å². The maximum Gasteiger partial charge on any atom is 0.231 e. The summed E-state index contributed by atoms with van der Waals surface area (Å²) >= 11 is 6.11. The van der Waals surface area contributed by atoms with E-state index in [1.807, 2.05) is 12.1 Å². The van der Waals surface area contributed by atoms with E-state index in [1.165, 1.54) is 0 Å². The molecule has 1 unspecified atom stereocenters. The van der Waals surface area contributed by atoms with Crippen LogP contribution in [0.3, 0.4) is 0 Å². The number of halogens is 1. The molecule has 5 heteroatoms. The number of aliphatic hydroxyl groups excluding tert-OH is 1. The Morgan fingerprint density at radius 1 is 1.44 bits per heavy atom. The minimum Gasteiger partial charge on any atom is -0.454 e. The lowest BCUT2D eigenvalue weighted by atomic mass is 10.1. The molecule has 0 aliphatic carbocycles. The molecule has 0 saturated heterocycles. The first-order valence-electron chi connectivity index (χ1n) is 6.16. The maximum absolute atomic E-state index is 8.94. The van der Waals surface area contributed by atoms with Gasteiger partial charge in [-0.2, -0.15) is 0 Å². The Hall–Kier alpha value is -0.970. The Morgan fingerprint density at radius 3 is 3.00 bits per heavy atom. The quantitative estimate of drug-likeness (QED) is 0.834. The molecular formula is C13H18ClNO3. The van der Waals surface area contributed by atoms with Crippen LogP contribution in [0, 0.1) is 0 Å². The number of aliphatic hydroxyl groups is 1. The first-order valence-corrected chi connectivity index (χ1v) is 6.54. The molecule has 100 valence electrons. The van der Waals surface area contributed by atoms with Crippen molar-refractivity contribution in [3.05, 3.63) is 22.7 Å². The Labute approximate surface area is 112 Å². The first kappa shape index (κ1) is 13.5. The SMILES string of the molecule is CCC(CCO)NCc1cc(Cl)c2c(c1)OCO2. The monoisotopic (exact) mass is 271 g/mol. The van der Waals surface area contributed by atoms with Gasteiger partial charge in [-0.1, -0.05) is 18.5 Å². The number of fused-ring (bicyclic) bond motifs is 1. The summed E-state index contributed by atoms with van der Waals surface area (Å²) in [5.74, 6) is 1.33. The van der Waals surface area contributed by atoms with E-state index in [1.54, 1.807) is 0 Å². The molecule has 4 nitrogen and oxygen atoms in total. The van der Waals surface area contributed by atoms with Crippen LogP contribution in [0.2, 0.25) is 5.02 Å². The molecule has 1 aromatic carbocycles. The van der Waals surface area contributed by atoms with Gasteiger partial charge in [-0.15, -0.1) is 0 Å². The van der Waals surface area contributed by atoms with E-state index in [0.29, 0.717) is 29.1 Å². The van der Waals surface area contributed by atoms with Gasteiger partial charge in [0, 0.05) is 19.2 Å². The summed E-state index contributed by atoms with van der Waals surface area (Å²) in [7, 11) is 0. The fourth-order valence-electron chi connectivity index (χ4n) is 1.99. The fraction of sp³-hybridized carbons (Fsp3) is 0.538. The average molecular weight is 272 g/mol. The molecule has 1 aromatic rings. The zero-order valence-electron chi connectivity index (χ0n) is 10.4. The highest BCUT2D eigenvalue weighted by molar-refractivity contribution is 6.32. The van der Waals surface area contributed by atoms with Gasteiger partial charge in [0.1, 0.15) is 0 Å². The highest BCUT2D eigenvalue weighted by atomic mass is 35.5. The third kappa shape index (κ3) is 3.07. The van der Waals surface area contributed by atoms with Crippen molar-refractivity contribution in [2.75, 3.05) is 13.4 Å². The van der Waals surface area contributed by atoms with E-state index >= 15 is 0 Å². The van der Waals surface area contributed by atoms with E-state index in [-0.39, 0.29) is 13.4 Å². The zero-order chi connectivity index (χ0) is 13.0. The van der Waals surface area contributed by atoms with Crippen molar-refractivity contribution in [3.63, 3.8) is 0 Å². The summed E-state index contributed by atoms with van der Waals surface area (Å²) < 4.78 is 10.6. The molecule has 1 heterocycles. The normalized spacial score (nSPS) is 14.8. The van der Waals surface area contributed by atoms with E-state index in [4.69, 9.17) is 26.2 Å². The maximum atomic E-state index is 8.94. The number of rotatable bonds is 6. The molecule has 1 atom stereocenters. The van der Waals surface area contributed by atoms with Crippen molar-refractivity contribution in [2.24, 2.45) is 0 Å². The van der Waals surface area contributed by atoms with Gasteiger partial charge in [-0.3, -0.25) is 0 Å². The molecule has 0 bridgehead atoms. The molecule has 1 aliphatic heterocycles. The number of ether oxygens (including phenoxy) is 2. The Balaban J connectivity index is 1.99. The van der Waals surface area contributed by atoms with Crippen LogP contribution in [0.15, 0.2) is 12.1 Å². The molecule has 0 amide bonds. The third-order valence-corrected chi connectivity index (χ3v) is 3.33. The predicted octanol–water partition coefficient (Wildman–Crippen LogP) is 2.32. The minimum atomic E-state index is 0.202. The van der Waals surface area contributed by atoms with E-state index in [0.717, 1.165) is 18.4 Å². The first-order chi connectivity index (χ1) is 8.74. The van der Waals surface area contributed by atoms with E-state index in [9.17, 15) is 0 Å². The van der Waals surface area contributed by atoms with Crippen LogP contribution in [0.4, 0.5) is 0 Å². The second kappa shape index (κ2) is 6.27. The van der Waals surface area contributed by atoms with Gasteiger partial charge in [-0.05, 0) is 30.5 Å². The largest absolute Gasteiger partial charge is 0.454 e. The van der Waals surface area contributed by atoms with E-state index < -0.39 is 0 Å². The van der Waals surface area contributed by atoms with Crippen molar-refractivity contribution in [1.29, 1.82) is 0 Å². The van der Waals surface area contributed by atoms with Crippen molar-refractivity contribution in [2.45, 2.75) is 32.4 Å². The standard InChI is InChI=1S/C13H18ClNO3/c1-2-10(3-4-16)15-7-9-5-11(14)13-12(6-9)17-8-18-13/h5-6,10,15-16H,2-4,7-8H2,1H3. The van der Waals surface area contributed by atoms with Crippen LogP contribution in [0.25, 0.3) is 0 Å². The Morgan fingerprint density at radius 2 is 2.28 bits per heavy atom. The second-order valence-corrected chi connectivity index (χ2v) is 4.72. The molecule has 1 aliphatic rings. The number of benzene rings is 1. The highest BCUT2D eigenvalue weighted by Gasteiger charge is 2.18. The molecular weight excluding hydrogens is 254 g/mol. The van der Waals surface area contributed by atoms with E-state index in [2.05, 4.69) is 12.2 Å². The summed E-state index contributed by atoms with van der Waals surface area (Å²) in [4.78, 5) is 0. The molecule has 0 radical (unpaired) electrons. The third-order valence-electron chi connectivity index (χ3n) is 3.05. The number of hydrogen-bond donors (Lipinski definition) is 2. The Bertz CT molecular complexity index is 411. The van der Waals surface area contributed by atoms with Crippen LogP contribution in [0.1, 0.15) is 25.3 Å². The van der Waals surface area contributed by atoms with Gasteiger partial charge >= 0.3 is 0 Å². The van der Waals surface area contributed by atoms with Crippen molar-refractivity contribution in [3.8, 4) is 11.5 Å². The molecule has 2 N–H and O–H groups in total. The van der Waals surface area contributed by atoms with Crippen LogP contribution in [-0.2, 0) is 6.54 Å². The summed E-state index contributed by atoms with van der Waals surface area (Å²) in [6, 6.07) is 4.14. The number of hydrogen-bond acceptors (Lipinski definition) is 4. The lowest BCUT2D eigenvalue weighted by Gasteiger charge is -2.16. The predicted molar refractivity (Wildman–Crippen MR) is 70.2 cm³/mol. The van der Waals surface area contributed by atoms with Gasteiger partial charge in [0.25, 0.3) is 0 Å². The van der Waals surface area contributed by atoms with Gasteiger partial charge in [0.15, 0.2) is 11.5 Å². The van der Waals surface area contributed by atoms with Crippen LogP contribution in [0.5, 0.6) is 11.5 Å². The van der Waals surface area contributed by atoms with Crippen LogP contribution >= 0.6 is 11.6 Å². The molecule has 0 spiro atoms. The summed E-state index contributed by atoms with van der Waals surface area (Å²) in [5.41, 5.74) is 1.06. The van der Waals surface area contributed by atoms with Crippen molar-refractivity contribution in [1.82, 2.24) is 5.32 Å². The van der Waals surface area contributed by atoms with Gasteiger partial charge in [-0.25, -0.2) is 0 Å². The number of nitrogens with one attached hydrogen (secondary N) is 1. The summed E-state index contributed by atoms with van der Waals surface area (Å²) in [6.07, 6.45) is 1.74.